The molecule has 2 rings (SSSR count). The van der Waals surface area contributed by atoms with Crippen LogP contribution in [0, 0.1) is 0 Å². The Balaban J connectivity index is 1.90. The van der Waals surface area contributed by atoms with Crippen LogP contribution in [-0.4, -0.2) is 62.2 Å². The largest absolute Gasteiger partial charge is 0.315 e. The molecule has 0 aromatic rings. The lowest BCUT2D eigenvalue weighted by atomic mass is 10.1. The fourth-order valence-electron chi connectivity index (χ4n) is 3.24. The van der Waals surface area contributed by atoms with Crippen LogP contribution in [-0.2, 0) is 0 Å². The molecule has 2 fully saturated rings. The van der Waals surface area contributed by atoms with Crippen molar-refractivity contribution in [2.24, 2.45) is 0 Å². The van der Waals surface area contributed by atoms with Crippen molar-refractivity contribution in [2.45, 2.75) is 44.2 Å². The van der Waals surface area contributed by atoms with E-state index in [-0.39, 0.29) is 0 Å². The number of nitrogens with zero attached hydrogens (tertiary/aromatic N) is 2. The third kappa shape index (κ3) is 3.19. The SMILES string of the molecule is CN(C)CC1CCCN1C1CCCCNC1. The smallest absolute Gasteiger partial charge is 0.0226 e. The number of hydrogen-bond acceptors (Lipinski definition) is 3. The summed E-state index contributed by atoms with van der Waals surface area (Å²) in [4.78, 5) is 5.12. The summed E-state index contributed by atoms with van der Waals surface area (Å²) in [5, 5.41) is 3.59. The minimum absolute atomic E-state index is 0.801. The Morgan fingerprint density at radius 3 is 2.88 bits per heavy atom. The Bertz CT molecular complexity index is 197. The highest BCUT2D eigenvalue weighted by Gasteiger charge is 2.30. The van der Waals surface area contributed by atoms with Crippen LogP contribution in [0.2, 0.25) is 0 Å². The first-order chi connectivity index (χ1) is 7.77. The zero-order valence-corrected chi connectivity index (χ0v) is 10.9. The predicted octanol–water partition coefficient (Wildman–Crippen LogP) is 1.15. The van der Waals surface area contributed by atoms with Crippen molar-refractivity contribution in [3.63, 3.8) is 0 Å². The van der Waals surface area contributed by atoms with Gasteiger partial charge in [-0.2, -0.15) is 0 Å². The van der Waals surface area contributed by atoms with Gasteiger partial charge in [0.15, 0.2) is 0 Å². The zero-order chi connectivity index (χ0) is 11.4. The number of likely N-dealkylation sites (tertiary alicyclic amines) is 1. The average molecular weight is 225 g/mol. The maximum Gasteiger partial charge on any atom is 0.0226 e. The summed E-state index contributed by atoms with van der Waals surface area (Å²) in [6, 6.07) is 1.61. The topological polar surface area (TPSA) is 18.5 Å². The van der Waals surface area contributed by atoms with Crippen LogP contribution in [0.15, 0.2) is 0 Å². The van der Waals surface area contributed by atoms with E-state index < -0.39 is 0 Å². The summed E-state index contributed by atoms with van der Waals surface area (Å²) >= 11 is 0. The van der Waals surface area contributed by atoms with Crippen LogP contribution < -0.4 is 5.32 Å². The van der Waals surface area contributed by atoms with E-state index in [0.29, 0.717) is 0 Å². The summed E-state index contributed by atoms with van der Waals surface area (Å²) in [5.74, 6) is 0. The molecular weight excluding hydrogens is 198 g/mol. The molecule has 2 aliphatic rings. The second-order valence-electron chi connectivity index (χ2n) is 5.65. The average Bonchev–Trinajstić information content (AvgIpc) is 2.53. The molecule has 0 radical (unpaired) electrons. The van der Waals surface area contributed by atoms with Crippen molar-refractivity contribution < 1.29 is 0 Å². The van der Waals surface area contributed by atoms with Gasteiger partial charge >= 0.3 is 0 Å². The summed E-state index contributed by atoms with van der Waals surface area (Å²) in [5.41, 5.74) is 0. The molecule has 94 valence electrons. The van der Waals surface area contributed by atoms with Crippen molar-refractivity contribution in [1.82, 2.24) is 15.1 Å². The second kappa shape index (κ2) is 5.99. The molecule has 0 bridgehead atoms. The fourth-order valence-corrected chi connectivity index (χ4v) is 3.24. The van der Waals surface area contributed by atoms with E-state index in [0.717, 1.165) is 12.1 Å². The molecule has 0 aliphatic carbocycles. The van der Waals surface area contributed by atoms with Crippen LogP contribution in [0.25, 0.3) is 0 Å². The third-order valence-corrected chi connectivity index (χ3v) is 3.99. The molecule has 16 heavy (non-hydrogen) atoms. The van der Waals surface area contributed by atoms with Crippen molar-refractivity contribution in [3.05, 3.63) is 0 Å². The number of likely N-dealkylation sites (N-methyl/N-ethyl adjacent to an activating group) is 1. The van der Waals surface area contributed by atoms with E-state index in [9.17, 15) is 0 Å². The minimum Gasteiger partial charge on any atom is -0.315 e. The molecule has 1 N–H and O–H groups in total. The first kappa shape index (κ1) is 12.3. The maximum absolute atomic E-state index is 3.59. The molecule has 0 saturated carbocycles. The molecule has 2 unspecified atom stereocenters. The number of rotatable bonds is 3. The molecule has 3 heteroatoms. The highest BCUT2D eigenvalue weighted by molar-refractivity contribution is 4.88. The highest BCUT2D eigenvalue weighted by Crippen LogP contribution is 2.23. The fraction of sp³-hybridized carbons (Fsp3) is 1.00. The standard InChI is InChI=1S/C13H27N3/c1-15(2)11-13-7-5-9-16(13)12-6-3-4-8-14-10-12/h12-14H,3-11H2,1-2H3. The van der Waals surface area contributed by atoms with Crippen LogP contribution in [0.5, 0.6) is 0 Å². The summed E-state index contributed by atoms with van der Waals surface area (Å²) in [6.07, 6.45) is 6.96. The minimum atomic E-state index is 0.801. The zero-order valence-electron chi connectivity index (χ0n) is 10.9. The Kier molecular flexibility index (Phi) is 4.62. The van der Waals surface area contributed by atoms with Gasteiger partial charge in [-0.15, -0.1) is 0 Å². The summed E-state index contributed by atoms with van der Waals surface area (Å²) in [7, 11) is 4.39. The molecule has 2 aliphatic heterocycles. The van der Waals surface area contributed by atoms with Gasteiger partial charge in [-0.25, -0.2) is 0 Å². The third-order valence-electron chi connectivity index (χ3n) is 3.99. The summed E-state index contributed by atoms with van der Waals surface area (Å²) in [6.45, 7) is 4.99. The van der Waals surface area contributed by atoms with E-state index in [1.807, 2.05) is 0 Å². The van der Waals surface area contributed by atoms with Crippen LogP contribution >= 0.6 is 0 Å². The lowest BCUT2D eigenvalue weighted by molar-refractivity contribution is 0.146. The molecule has 0 aromatic heterocycles. The van der Waals surface area contributed by atoms with Crippen molar-refractivity contribution in [3.8, 4) is 0 Å². The van der Waals surface area contributed by atoms with Gasteiger partial charge in [-0.1, -0.05) is 6.42 Å². The predicted molar refractivity (Wildman–Crippen MR) is 68.8 cm³/mol. The van der Waals surface area contributed by atoms with Gasteiger partial charge in [0.1, 0.15) is 0 Å². The van der Waals surface area contributed by atoms with Gasteiger partial charge in [0.25, 0.3) is 0 Å². The van der Waals surface area contributed by atoms with Gasteiger partial charge in [0, 0.05) is 25.2 Å². The Morgan fingerprint density at radius 1 is 1.19 bits per heavy atom. The molecule has 2 atom stereocenters. The molecular formula is C13H27N3. The summed E-state index contributed by atoms with van der Waals surface area (Å²) < 4.78 is 0. The van der Waals surface area contributed by atoms with E-state index in [1.165, 1.54) is 58.3 Å². The normalized spacial score (nSPS) is 33.2. The Labute approximate surface area is 100 Å². The van der Waals surface area contributed by atoms with Gasteiger partial charge in [-0.05, 0) is 52.9 Å². The van der Waals surface area contributed by atoms with Gasteiger partial charge < -0.3 is 10.2 Å². The Hall–Kier alpha value is -0.120. The van der Waals surface area contributed by atoms with E-state index >= 15 is 0 Å². The first-order valence-corrected chi connectivity index (χ1v) is 6.88. The van der Waals surface area contributed by atoms with Crippen LogP contribution in [0.1, 0.15) is 32.1 Å². The van der Waals surface area contributed by atoms with E-state index in [1.54, 1.807) is 0 Å². The first-order valence-electron chi connectivity index (χ1n) is 6.88. The van der Waals surface area contributed by atoms with E-state index in [2.05, 4.69) is 29.2 Å². The van der Waals surface area contributed by atoms with Gasteiger partial charge in [0.05, 0.1) is 0 Å². The highest BCUT2D eigenvalue weighted by atomic mass is 15.3. The second-order valence-corrected chi connectivity index (χ2v) is 5.65. The molecule has 0 aromatic carbocycles. The maximum atomic E-state index is 3.59. The monoisotopic (exact) mass is 225 g/mol. The van der Waals surface area contributed by atoms with Crippen molar-refractivity contribution in [1.29, 1.82) is 0 Å². The molecule has 0 amide bonds. The number of hydrogen-bond donors (Lipinski definition) is 1. The van der Waals surface area contributed by atoms with E-state index in [4.69, 9.17) is 0 Å². The van der Waals surface area contributed by atoms with Gasteiger partial charge in [0.2, 0.25) is 0 Å². The molecule has 2 saturated heterocycles. The molecule has 3 nitrogen and oxygen atoms in total. The van der Waals surface area contributed by atoms with Gasteiger partial charge in [-0.3, -0.25) is 4.90 Å². The molecule has 2 heterocycles. The quantitative estimate of drug-likeness (QED) is 0.777. The Morgan fingerprint density at radius 2 is 2.06 bits per heavy atom. The molecule has 0 spiro atoms. The van der Waals surface area contributed by atoms with Crippen molar-refractivity contribution >= 4 is 0 Å². The van der Waals surface area contributed by atoms with Crippen LogP contribution in [0.4, 0.5) is 0 Å². The number of nitrogens with one attached hydrogen (secondary N) is 1. The van der Waals surface area contributed by atoms with Crippen molar-refractivity contribution in [2.75, 3.05) is 40.3 Å². The lowest BCUT2D eigenvalue weighted by Gasteiger charge is -2.33. The van der Waals surface area contributed by atoms with Crippen LogP contribution in [0.3, 0.4) is 0 Å². The lowest BCUT2D eigenvalue weighted by Crippen LogP contribution is -2.47.